The first-order chi connectivity index (χ1) is 11.0. The molecular formula is C15H23F2N5O. The van der Waals surface area contributed by atoms with Gasteiger partial charge in [0.15, 0.2) is 0 Å². The molecule has 2 aliphatic rings. The lowest BCUT2D eigenvalue weighted by atomic mass is 9.96. The second-order valence-corrected chi connectivity index (χ2v) is 6.63. The number of hydrogen-bond acceptors (Lipinski definition) is 3. The Balaban J connectivity index is 1.57. The summed E-state index contributed by atoms with van der Waals surface area (Å²) in [6.45, 7) is 1.56. The van der Waals surface area contributed by atoms with Gasteiger partial charge in [-0.1, -0.05) is 26.2 Å². The number of nitrogens with zero attached hydrogens (tertiary/aromatic N) is 4. The number of carbonyl (C=O) groups excluding carboxylic acids is 1. The number of hydrogen-bond donors (Lipinski definition) is 1. The van der Waals surface area contributed by atoms with E-state index in [9.17, 15) is 13.6 Å². The monoisotopic (exact) mass is 327 g/mol. The van der Waals surface area contributed by atoms with Crippen LogP contribution in [0.5, 0.6) is 0 Å². The Hall–Kier alpha value is -1.73. The fraction of sp³-hybridized carbons (Fsp3) is 0.800. The molecule has 1 aromatic heterocycles. The molecule has 8 heteroatoms. The maximum absolute atomic E-state index is 13.5. The third-order valence-electron chi connectivity index (χ3n) is 4.89. The van der Waals surface area contributed by atoms with Gasteiger partial charge < -0.3 is 4.90 Å². The van der Waals surface area contributed by atoms with Crippen molar-refractivity contribution in [3.8, 4) is 0 Å². The van der Waals surface area contributed by atoms with E-state index in [1.54, 1.807) is 6.33 Å². The van der Waals surface area contributed by atoms with Crippen LogP contribution in [-0.2, 0) is 0 Å². The van der Waals surface area contributed by atoms with Gasteiger partial charge in [0.05, 0.1) is 6.04 Å². The molecule has 1 atom stereocenters. The van der Waals surface area contributed by atoms with Crippen LogP contribution in [0.2, 0.25) is 0 Å². The summed E-state index contributed by atoms with van der Waals surface area (Å²) in [5.74, 6) is -3.29. The molecule has 128 valence electrons. The summed E-state index contributed by atoms with van der Waals surface area (Å²) in [6, 6.07) is -0.0654. The van der Waals surface area contributed by atoms with E-state index in [1.807, 2.05) is 4.68 Å². The summed E-state index contributed by atoms with van der Waals surface area (Å²) in [6.07, 6.45) is 7.12. The van der Waals surface area contributed by atoms with Crippen molar-refractivity contribution >= 4 is 12.0 Å². The number of piperidine rings is 1. The highest BCUT2D eigenvalue weighted by Gasteiger charge is 2.42. The Morgan fingerprint density at radius 2 is 2.09 bits per heavy atom. The van der Waals surface area contributed by atoms with Crippen LogP contribution >= 0.6 is 0 Å². The lowest BCUT2D eigenvalue weighted by Crippen LogP contribution is -2.49. The largest absolute Gasteiger partial charge is 0.324 e. The minimum atomic E-state index is -2.70. The Labute approximate surface area is 134 Å². The Morgan fingerprint density at radius 3 is 2.78 bits per heavy atom. The minimum Gasteiger partial charge on any atom is -0.324 e. The molecule has 1 unspecified atom stereocenters. The molecule has 0 bridgehead atoms. The molecule has 3 rings (SSSR count). The van der Waals surface area contributed by atoms with Crippen LogP contribution in [0.1, 0.15) is 51.5 Å². The van der Waals surface area contributed by atoms with E-state index in [2.05, 4.69) is 15.4 Å². The zero-order chi connectivity index (χ0) is 16.4. The number of aromatic nitrogens is 3. The van der Waals surface area contributed by atoms with E-state index < -0.39 is 17.9 Å². The number of anilines is 1. The van der Waals surface area contributed by atoms with Crippen LogP contribution in [0, 0.1) is 5.92 Å². The number of likely N-dealkylation sites (tertiary alicyclic amines) is 1. The number of carbonyl (C=O) groups is 1. The molecular weight excluding hydrogens is 304 g/mol. The number of halogens is 2. The molecule has 1 N–H and O–H groups in total. The Morgan fingerprint density at radius 1 is 1.35 bits per heavy atom. The second-order valence-electron chi connectivity index (χ2n) is 6.63. The first-order valence-electron chi connectivity index (χ1n) is 8.30. The van der Waals surface area contributed by atoms with Crippen LogP contribution in [0.3, 0.4) is 0 Å². The van der Waals surface area contributed by atoms with Crippen molar-refractivity contribution in [1.82, 2.24) is 19.7 Å². The fourth-order valence-corrected chi connectivity index (χ4v) is 3.30. The molecule has 1 aliphatic carbocycles. The van der Waals surface area contributed by atoms with E-state index in [-0.39, 0.29) is 25.5 Å². The minimum absolute atomic E-state index is 0.0438. The quantitative estimate of drug-likeness (QED) is 0.906. The maximum atomic E-state index is 13.5. The molecule has 1 saturated heterocycles. The number of rotatable bonds is 2. The van der Waals surface area contributed by atoms with Gasteiger partial charge >= 0.3 is 6.03 Å². The number of alkyl halides is 2. The maximum Gasteiger partial charge on any atom is 0.324 e. The van der Waals surface area contributed by atoms with E-state index in [0.29, 0.717) is 6.04 Å². The standard InChI is InChI=1S/C15H23F2N5O/c1-11-9-21(8-7-15(11,16)17)14(23)19-13-18-10-22(20-13)12-5-3-2-4-6-12/h10-12H,2-9H2,1H3,(H,19,20,23). The van der Waals surface area contributed by atoms with E-state index in [1.165, 1.54) is 31.1 Å². The number of amides is 2. The molecule has 2 fully saturated rings. The number of urea groups is 1. The first kappa shape index (κ1) is 16.1. The summed E-state index contributed by atoms with van der Waals surface area (Å²) in [7, 11) is 0. The number of nitrogens with one attached hydrogen (secondary N) is 1. The molecule has 0 spiro atoms. The predicted molar refractivity (Wildman–Crippen MR) is 81.5 cm³/mol. The van der Waals surface area contributed by atoms with Crippen LogP contribution in [-0.4, -0.2) is 44.7 Å². The molecule has 0 radical (unpaired) electrons. The van der Waals surface area contributed by atoms with E-state index >= 15 is 0 Å². The van der Waals surface area contributed by atoms with Gasteiger partial charge in [-0.3, -0.25) is 5.32 Å². The van der Waals surface area contributed by atoms with E-state index in [0.717, 1.165) is 12.8 Å². The summed E-state index contributed by atoms with van der Waals surface area (Å²) >= 11 is 0. The molecule has 23 heavy (non-hydrogen) atoms. The van der Waals surface area contributed by atoms with Crippen molar-refractivity contribution in [2.45, 2.75) is 57.4 Å². The van der Waals surface area contributed by atoms with Crippen molar-refractivity contribution in [2.75, 3.05) is 18.4 Å². The Bertz CT molecular complexity index is 556. The van der Waals surface area contributed by atoms with Gasteiger partial charge in [0.25, 0.3) is 5.92 Å². The summed E-state index contributed by atoms with van der Waals surface area (Å²) in [5.41, 5.74) is 0. The lowest BCUT2D eigenvalue weighted by molar-refractivity contribution is -0.0899. The van der Waals surface area contributed by atoms with Crippen LogP contribution < -0.4 is 5.32 Å². The van der Waals surface area contributed by atoms with Crippen molar-refractivity contribution in [3.05, 3.63) is 6.33 Å². The first-order valence-corrected chi connectivity index (χ1v) is 8.30. The SMILES string of the molecule is CC1CN(C(=O)Nc2ncn(C3CCCCC3)n2)CCC1(F)F. The van der Waals surface area contributed by atoms with Gasteiger partial charge in [0.1, 0.15) is 6.33 Å². The molecule has 0 aromatic carbocycles. The topological polar surface area (TPSA) is 63.1 Å². The van der Waals surface area contributed by atoms with Crippen LogP contribution in [0.25, 0.3) is 0 Å². The van der Waals surface area contributed by atoms with Crippen molar-refractivity contribution < 1.29 is 13.6 Å². The van der Waals surface area contributed by atoms with Gasteiger partial charge in [0, 0.05) is 25.4 Å². The van der Waals surface area contributed by atoms with Crippen molar-refractivity contribution in [1.29, 1.82) is 0 Å². The van der Waals surface area contributed by atoms with Gasteiger partial charge in [-0.15, -0.1) is 5.10 Å². The Kier molecular flexibility index (Phi) is 4.50. The van der Waals surface area contributed by atoms with Gasteiger partial charge in [0.2, 0.25) is 5.95 Å². The zero-order valence-electron chi connectivity index (χ0n) is 13.3. The predicted octanol–water partition coefficient (Wildman–Crippen LogP) is 3.29. The smallest absolute Gasteiger partial charge is 0.324 e. The van der Waals surface area contributed by atoms with Crippen molar-refractivity contribution in [3.63, 3.8) is 0 Å². The average Bonchev–Trinajstić information content (AvgIpc) is 2.99. The third-order valence-corrected chi connectivity index (χ3v) is 4.89. The average molecular weight is 327 g/mol. The lowest BCUT2D eigenvalue weighted by Gasteiger charge is -2.36. The van der Waals surface area contributed by atoms with Crippen LogP contribution in [0.15, 0.2) is 6.33 Å². The van der Waals surface area contributed by atoms with Gasteiger partial charge in [-0.2, -0.15) is 0 Å². The highest BCUT2D eigenvalue weighted by atomic mass is 19.3. The highest BCUT2D eigenvalue weighted by molar-refractivity contribution is 5.87. The van der Waals surface area contributed by atoms with Gasteiger partial charge in [-0.25, -0.2) is 23.2 Å². The molecule has 1 aromatic rings. The highest BCUT2D eigenvalue weighted by Crippen LogP contribution is 2.33. The summed E-state index contributed by atoms with van der Waals surface area (Å²) in [5, 5.41) is 6.93. The van der Waals surface area contributed by atoms with Crippen LogP contribution in [0.4, 0.5) is 19.5 Å². The van der Waals surface area contributed by atoms with E-state index in [4.69, 9.17) is 0 Å². The normalized spacial score (nSPS) is 25.3. The molecule has 2 heterocycles. The molecule has 1 saturated carbocycles. The van der Waals surface area contributed by atoms with Gasteiger partial charge in [-0.05, 0) is 12.8 Å². The van der Waals surface area contributed by atoms with Crippen molar-refractivity contribution in [2.24, 2.45) is 5.92 Å². The molecule has 1 aliphatic heterocycles. The third kappa shape index (κ3) is 3.61. The zero-order valence-corrected chi connectivity index (χ0v) is 13.3. The molecule has 6 nitrogen and oxygen atoms in total. The fourth-order valence-electron chi connectivity index (χ4n) is 3.30. The summed E-state index contributed by atoms with van der Waals surface area (Å²) in [4.78, 5) is 17.7. The summed E-state index contributed by atoms with van der Waals surface area (Å²) < 4.78 is 28.8. The second kappa shape index (κ2) is 6.41. The molecule has 2 amide bonds.